The molecule has 0 saturated carbocycles. The molecule has 3 aromatic carbocycles. The Morgan fingerprint density at radius 2 is 0.937 bits per heavy atom. The lowest BCUT2D eigenvalue weighted by molar-refractivity contribution is 0.00578. The van der Waals surface area contributed by atoms with Crippen LogP contribution in [0.3, 0.4) is 0 Å². The third-order valence-electron chi connectivity index (χ3n) is 11.2. The molecule has 0 spiro atoms. The largest absolute Gasteiger partial charge is 0.507 e. The lowest BCUT2D eigenvalue weighted by Gasteiger charge is -2.32. The fourth-order valence-electron chi connectivity index (χ4n) is 6.27. The van der Waals surface area contributed by atoms with Gasteiger partial charge in [-0.15, -0.1) is 0 Å². The highest BCUT2D eigenvalue weighted by Crippen LogP contribution is 2.38. The van der Waals surface area contributed by atoms with Gasteiger partial charge in [-0.2, -0.15) is 31.1 Å². The monoisotopic (exact) mass is 975 g/mol. The van der Waals surface area contributed by atoms with E-state index in [1.165, 1.54) is 6.07 Å². The average Bonchev–Trinajstić information content (AvgIpc) is 4.04. The summed E-state index contributed by atoms with van der Waals surface area (Å²) in [6.45, 7) is 16.2. The van der Waals surface area contributed by atoms with E-state index in [0.29, 0.717) is 15.6 Å². The molecule has 18 heteroatoms. The molecule has 2 saturated heterocycles. The second-order valence-corrected chi connectivity index (χ2v) is 18.5. The van der Waals surface area contributed by atoms with Crippen LogP contribution >= 0.6 is 31.9 Å². The number of nitriles is 3. The number of hydrogen-bond donors (Lipinski definition) is 1. The summed E-state index contributed by atoms with van der Waals surface area (Å²) in [7, 11) is 4.74. The minimum atomic E-state index is -0.550. The predicted octanol–water partition coefficient (Wildman–Crippen LogP) is 7.72. The minimum Gasteiger partial charge on any atom is -0.507 e. The van der Waals surface area contributed by atoms with E-state index in [0.717, 1.165) is 37.7 Å². The summed E-state index contributed by atoms with van der Waals surface area (Å²) in [6.07, 6.45) is 11.0. The van der Waals surface area contributed by atoms with Crippen LogP contribution in [0.4, 0.5) is 0 Å². The van der Waals surface area contributed by atoms with Crippen molar-refractivity contribution in [2.75, 3.05) is 0 Å². The molecule has 63 heavy (non-hydrogen) atoms. The number of aryl methyl sites for hydroxylation is 3. The summed E-state index contributed by atoms with van der Waals surface area (Å²) in [5.74, 6) is 0.0110. The number of aromatic hydroxyl groups is 1. The average molecular weight is 977 g/mol. The predicted molar refractivity (Wildman–Crippen MR) is 250 cm³/mol. The zero-order chi connectivity index (χ0) is 46.5. The number of phenols is 1. The van der Waals surface area contributed by atoms with Crippen molar-refractivity contribution >= 4 is 57.0 Å². The van der Waals surface area contributed by atoms with E-state index in [1.54, 1.807) is 44.8 Å². The fourth-order valence-corrected chi connectivity index (χ4v) is 7.16. The lowest BCUT2D eigenvalue weighted by atomic mass is 9.74. The lowest BCUT2D eigenvalue weighted by Crippen LogP contribution is -2.41. The zero-order valence-electron chi connectivity index (χ0n) is 37.2. The van der Waals surface area contributed by atoms with Gasteiger partial charge in [0.25, 0.3) is 0 Å². The van der Waals surface area contributed by atoms with Gasteiger partial charge in [0, 0.05) is 88.1 Å². The Morgan fingerprint density at radius 1 is 0.540 bits per heavy atom. The Labute approximate surface area is 386 Å². The van der Waals surface area contributed by atoms with Crippen LogP contribution in [0.5, 0.6) is 5.75 Å². The van der Waals surface area contributed by atoms with Crippen molar-refractivity contribution < 1.29 is 23.7 Å². The standard InChI is InChI=1S/C17H20BN3O2.C11H8BrN3.C10H17BN2O2.C7H4BrNO/c1-16(2)17(3,4)23-18(22-16)15-8-6-7-13(14(15)9-19)12-10-20-21(5)11-12;1-15-7-8(6-14-15)9-3-2-4-11(12)10(9)5-13;1-9(2)10(3,4)15-11(14-9)8-6-12-13(5)7-8;8-6-2-1-3-7(10)5(6)4-9/h6-8,10-11H,1-5H3;2-4,6-7H,1H3;6-7H,1-5H3;1-3,10H. The maximum Gasteiger partial charge on any atom is 0.498 e. The Kier molecular flexibility index (Phi) is 15.0. The summed E-state index contributed by atoms with van der Waals surface area (Å²) >= 11 is 6.49. The van der Waals surface area contributed by atoms with Crippen molar-refractivity contribution in [2.45, 2.75) is 77.8 Å². The van der Waals surface area contributed by atoms with Crippen molar-refractivity contribution in [3.05, 3.63) is 117 Å². The molecular formula is C45H49B2Br2N9O5. The molecule has 5 heterocycles. The highest BCUT2D eigenvalue weighted by molar-refractivity contribution is 9.10. The molecule has 0 atom stereocenters. The first kappa shape index (κ1) is 48.5. The van der Waals surface area contributed by atoms with Gasteiger partial charge in [0.1, 0.15) is 23.5 Å². The topological polar surface area (TPSA) is 182 Å². The highest BCUT2D eigenvalue weighted by atomic mass is 79.9. The van der Waals surface area contributed by atoms with Crippen LogP contribution in [0.15, 0.2) is 101 Å². The SMILES string of the molecule is Cn1cc(-c2cccc(B3OC(C)(C)C(C)(C)O3)c2C#N)cn1.Cn1cc(-c2cccc(Br)c2C#N)cn1.Cn1cc(B2OC(C)(C)C(C)(C)O2)cn1.N#Cc1c(O)cccc1Br. The summed E-state index contributed by atoms with van der Waals surface area (Å²) in [5.41, 5.74) is 5.38. The Morgan fingerprint density at radius 3 is 1.33 bits per heavy atom. The van der Waals surface area contributed by atoms with Crippen LogP contribution in [0.1, 0.15) is 72.1 Å². The molecule has 0 bridgehead atoms. The minimum absolute atomic E-state index is 0.0110. The maximum atomic E-state index is 9.70. The van der Waals surface area contributed by atoms with Gasteiger partial charge in [-0.25, -0.2) is 0 Å². The van der Waals surface area contributed by atoms with E-state index in [4.69, 9.17) is 34.2 Å². The third kappa shape index (κ3) is 11.0. The van der Waals surface area contributed by atoms with Crippen molar-refractivity contribution in [2.24, 2.45) is 21.1 Å². The van der Waals surface area contributed by atoms with Gasteiger partial charge < -0.3 is 23.7 Å². The van der Waals surface area contributed by atoms with Crippen LogP contribution in [-0.4, -0.2) is 71.1 Å². The summed E-state index contributed by atoms with van der Waals surface area (Å²) in [6, 6.07) is 22.6. The van der Waals surface area contributed by atoms with E-state index in [1.807, 2.05) is 138 Å². The molecule has 2 aliphatic rings. The molecular weight excluding hydrogens is 928 g/mol. The van der Waals surface area contributed by atoms with E-state index in [2.05, 4.69) is 59.3 Å². The molecule has 0 amide bonds. The Hall–Kier alpha value is -5.51. The van der Waals surface area contributed by atoms with Crippen LogP contribution < -0.4 is 10.9 Å². The van der Waals surface area contributed by atoms with Crippen molar-refractivity contribution in [1.29, 1.82) is 15.8 Å². The third-order valence-corrected chi connectivity index (χ3v) is 12.5. The normalized spacial score (nSPS) is 16.2. The summed E-state index contributed by atoms with van der Waals surface area (Å²) in [5, 5.41) is 48.6. The van der Waals surface area contributed by atoms with Crippen molar-refractivity contribution in [1.82, 2.24) is 29.3 Å². The number of benzene rings is 3. The molecule has 6 aromatic rings. The number of aromatic nitrogens is 6. The first-order valence-corrected chi connectivity index (χ1v) is 21.4. The Bertz CT molecular complexity index is 2650. The van der Waals surface area contributed by atoms with Gasteiger partial charge in [0.05, 0.1) is 52.0 Å². The van der Waals surface area contributed by atoms with E-state index >= 15 is 0 Å². The molecule has 2 aliphatic heterocycles. The molecule has 0 aliphatic carbocycles. The summed E-state index contributed by atoms with van der Waals surface area (Å²) < 4.78 is 30.6. The fraction of sp³-hybridized carbons (Fsp3) is 0.333. The van der Waals surface area contributed by atoms with E-state index < -0.39 is 18.3 Å². The summed E-state index contributed by atoms with van der Waals surface area (Å²) in [4.78, 5) is 0. The Balaban J connectivity index is 0.000000165. The van der Waals surface area contributed by atoms with Crippen LogP contribution in [0, 0.1) is 34.0 Å². The number of hydrogen-bond acceptors (Lipinski definition) is 11. The molecule has 3 aromatic heterocycles. The quantitative estimate of drug-likeness (QED) is 0.171. The molecule has 0 unspecified atom stereocenters. The molecule has 324 valence electrons. The van der Waals surface area contributed by atoms with E-state index in [-0.39, 0.29) is 29.6 Å². The molecule has 1 N–H and O–H groups in total. The number of phenolic OH excluding ortho intramolecular Hbond substituents is 1. The van der Waals surface area contributed by atoms with Gasteiger partial charge >= 0.3 is 14.2 Å². The number of nitrogens with zero attached hydrogens (tertiary/aromatic N) is 9. The zero-order valence-corrected chi connectivity index (χ0v) is 40.3. The molecule has 8 rings (SSSR count). The van der Waals surface area contributed by atoms with E-state index in [9.17, 15) is 5.26 Å². The second kappa shape index (κ2) is 19.5. The smallest absolute Gasteiger partial charge is 0.498 e. The number of halogens is 2. The van der Waals surface area contributed by atoms with Crippen molar-refractivity contribution in [3.63, 3.8) is 0 Å². The van der Waals surface area contributed by atoms with Crippen molar-refractivity contribution in [3.8, 4) is 46.2 Å². The van der Waals surface area contributed by atoms with Crippen LogP contribution in [0.25, 0.3) is 22.3 Å². The maximum absolute atomic E-state index is 9.70. The molecule has 2 fully saturated rings. The van der Waals surface area contributed by atoms with Crippen LogP contribution in [0.2, 0.25) is 0 Å². The first-order chi connectivity index (χ1) is 29.5. The molecule has 14 nitrogen and oxygen atoms in total. The van der Waals surface area contributed by atoms with Gasteiger partial charge in [-0.1, -0.05) is 36.4 Å². The highest BCUT2D eigenvalue weighted by Gasteiger charge is 2.53. The van der Waals surface area contributed by atoms with Gasteiger partial charge in [0.15, 0.2) is 0 Å². The van der Waals surface area contributed by atoms with Gasteiger partial charge in [-0.3, -0.25) is 14.0 Å². The first-order valence-electron chi connectivity index (χ1n) is 19.8. The van der Waals surface area contributed by atoms with Gasteiger partial charge in [0.2, 0.25) is 0 Å². The number of rotatable bonds is 4. The van der Waals surface area contributed by atoms with Crippen LogP contribution in [-0.2, 0) is 39.8 Å². The van der Waals surface area contributed by atoms with Gasteiger partial charge in [-0.05, 0) is 105 Å². The molecule has 0 radical (unpaired) electrons. The second-order valence-electron chi connectivity index (χ2n) is 16.8.